The van der Waals surface area contributed by atoms with Gasteiger partial charge in [-0.15, -0.1) is 0 Å². The van der Waals surface area contributed by atoms with Gasteiger partial charge in [-0.25, -0.2) is 0 Å². The Labute approximate surface area is 105 Å². The fourth-order valence-electron chi connectivity index (χ4n) is 2.56. The van der Waals surface area contributed by atoms with Crippen LogP contribution in [-0.4, -0.2) is 15.4 Å². The zero-order chi connectivity index (χ0) is 12.8. The average Bonchev–Trinajstić information content (AvgIpc) is 2.45. The summed E-state index contributed by atoms with van der Waals surface area (Å²) in [6.07, 6.45) is 0. The summed E-state index contributed by atoms with van der Waals surface area (Å²) < 4.78 is 14.4. The van der Waals surface area contributed by atoms with E-state index in [-0.39, 0.29) is 6.02 Å². The summed E-state index contributed by atoms with van der Waals surface area (Å²) in [6, 6.07) is 16.3. The molecule has 0 saturated carbocycles. The van der Waals surface area contributed by atoms with Crippen molar-refractivity contribution in [3.8, 4) is 11.1 Å². The lowest BCUT2D eigenvalue weighted by molar-refractivity contribution is 0.409. The van der Waals surface area contributed by atoms with Crippen LogP contribution in [0, 0.1) is 0 Å². The van der Waals surface area contributed by atoms with Crippen LogP contribution in [0.3, 0.4) is 0 Å². The van der Waals surface area contributed by atoms with Crippen LogP contribution in [0.2, 0.25) is 6.55 Å². The van der Waals surface area contributed by atoms with E-state index < -0.39 is 8.32 Å². The molecule has 2 aromatic rings. The van der Waals surface area contributed by atoms with Crippen LogP contribution in [0.25, 0.3) is 11.1 Å². The van der Waals surface area contributed by atoms with Gasteiger partial charge in [0.05, 0.1) is 0 Å². The van der Waals surface area contributed by atoms with E-state index in [2.05, 4.69) is 36.9 Å². The number of fused-ring (bicyclic) bond motifs is 3. The van der Waals surface area contributed by atoms with Crippen LogP contribution >= 0.6 is 0 Å². The maximum absolute atomic E-state index is 8.58. The average molecular weight is 241 g/mol. The van der Waals surface area contributed by atoms with Crippen LogP contribution in [0.15, 0.2) is 48.5 Å². The van der Waals surface area contributed by atoms with Crippen molar-refractivity contribution >= 4 is 13.5 Å². The van der Waals surface area contributed by atoms with E-state index in [9.17, 15) is 0 Å². The van der Waals surface area contributed by atoms with Crippen LogP contribution in [0.4, 0.5) is 0 Å². The van der Waals surface area contributed by atoms with Gasteiger partial charge in [0.15, 0.2) is 0 Å². The minimum atomic E-state index is -2.22. The highest BCUT2D eigenvalue weighted by atomic mass is 28.4. The van der Waals surface area contributed by atoms with Gasteiger partial charge in [-0.05, 0) is 34.4 Å². The van der Waals surface area contributed by atoms with Crippen molar-refractivity contribution in [2.24, 2.45) is 0 Å². The van der Waals surface area contributed by atoms with Gasteiger partial charge >= 0.3 is 0 Å². The molecule has 2 heteroatoms. The van der Waals surface area contributed by atoms with Crippen molar-refractivity contribution < 1.29 is 5.80 Å². The number of hydrogen-bond donors (Lipinski definition) is 0. The van der Waals surface area contributed by atoms with E-state index >= 15 is 0 Å². The number of rotatable bonds is 1. The predicted octanol–water partition coefficient (Wildman–Crippen LogP) is 2.88. The van der Waals surface area contributed by atoms with Crippen LogP contribution in [0.5, 0.6) is 0 Å². The SMILES string of the molecule is [2H]C1c2ccccc2-c2ccccc2[Si]1(C)OC. The van der Waals surface area contributed by atoms with E-state index in [4.69, 9.17) is 5.80 Å². The van der Waals surface area contributed by atoms with Gasteiger partial charge in [0.1, 0.15) is 0 Å². The Balaban J connectivity index is 2.35. The highest BCUT2D eigenvalue weighted by molar-refractivity contribution is 6.86. The second-order valence-electron chi connectivity index (χ2n) is 4.59. The molecule has 0 radical (unpaired) electrons. The van der Waals surface area contributed by atoms with E-state index in [1.54, 1.807) is 7.11 Å². The lowest BCUT2D eigenvalue weighted by atomic mass is 10.00. The van der Waals surface area contributed by atoms with E-state index in [0.717, 1.165) is 5.56 Å². The van der Waals surface area contributed by atoms with Crippen molar-refractivity contribution in [1.29, 1.82) is 0 Å². The van der Waals surface area contributed by atoms with Gasteiger partial charge in [-0.2, -0.15) is 0 Å². The Morgan fingerprint density at radius 3 is 2.47 bits per heavy atom. The quantitative estimate of drug-likeness (QED) is 0.698. The highest BCUT2D eigenvalue weighted by Crippen LogP contribution is 2.31. The molecule has 2 unspecified atom stereocenters. The first-order valence-electron chi connectivity index (χ1n) is 6.42. The maximum Gasteiger partial charge on any atom is 0.225 e. The predicted molar refractivity (Wildman–Crippen MR) is 73.8 cm³/mol. The Kier molecular flexibility index (Phi) is 2.17. The van der Waals surface area contributed by atoms with Crippen molar-refractivity contribution in [2.45, 2.75) is 12.6 Å². The zero-order valence-electron chi connectivity index (χ0n) is 11.1. The Hall–Kier alpha value is -1.38. The smallest absolute Gasteiger partial charge is 0.225 e. The van der Waals surface area contributed by atoms with Gasteiger partial charge < -0.3 is 4.43 Å². The molecule has 0 aromatic heterocycles. The monoisotopic (exact) mass is 241 g/mol. The van der Waals surface area contributed by atoms with Crippen molar-refractivity contribution in [2.75, 3.05) is 7.11 Å². The second kappa shape index (κ2) is 3.83. The lowest BCUT2D eigenvalue weighted by Crippen LogP contribution is -2.52. The van der Waals surface area contributed by atoms with Gasteiger partial charge in [0.2, 0.25) is 8.32 Å². The van der Waals surface area contributed by atoms with Gasteiger partial charge in [0.25, 0.3) is 0 Å². The number of hydrogen-bond acceptors (Lipinski definition) is 1. The molecule has 0 amide bonds. The molecule has 0 bridgehead atoms. The molecule has 86 valence electrons. The molecule has 17 heavy (non-hydrogen) atoms. The molecule has 0 aliphatic carbocycles. The fraction of sp³-hybridized carbons (Fsp3) is 0.200. The van der Waals surface area contributed by atoms with Crippen molar-refractivity contribution in [1.82, 2.24) is 0 Å². The second-order valence-corrected chi connectivity index (χ2v) is 8.04. The molecule has 3 rings (SSSR count). The molecule has 2 atom stereocenters. The van der Waals surface area contributed by atoms with Crippen molar-refractivity contribution in [3.63, 3.8) is 0 Å². The molecule has 0 N–H and O–H groups in total. The fourth-order valence-corrected chi connectivity index (χ4v) is 5.08. The van der Waals surface area contributed by atoms with Crippen LogP contribution < -0.4 is 5.19 Å². The maximum atomic E-state index is 8.58. The molecule has 0 spiro atoms. The minimum absolute atomic E-state index is 0.256. The number of benzene rings is 2. The molecular weight excluding hydrogens is 224 g/mol. The van der Waals surface area contributed by atoms with Crippen molar-refractivity contribution in [3.05, 3.63) is 54.1 Å². The molecule has 1 aliphatic heterocycles. The molecule has 1 aliphatic rings. The van der Waals surface area contributed by atoms with Crippen LogP contribution in [-0.2, 0) is 10.4 Å². The summed E-state index contributed by atoms with van der Waals surface area (Å²) in [6.45, 7) is 2.14. The summed E-state index contributed by atoms with van der Waals surface area (Å²) in [4.78, 5) is 0. The summed E-state index contributed by atoms with van der Waals surface area (Å²) in [7, 11) is -0.471. The summed E-state index contributed by atoms with van der Waals surface area (Å²) >= 11 is 0. The molecule has 2 aromatic carbocycles. The molecule has 1 heterocycles. The van der Waals surface area contributed by atoms with Gasteiger partial charge in [-0.1, -0.05) is 48.5 Å². The standard InChI is InChI=1S/C15H16OSi/c1-16-17(2)11-12-7-3-4-8-13(12)14-9-5-6-10-15(14)17/h3-10H,11H2,1-2H3/i11D. The normalized spacial score (nSPS) is 26.9. The Morgan fingerprint density at radius 1 is 1.06 bits per heavy atom. The lowest BCUT2D eigenvalue weighted by Gasteiger charge is -2.33. The molecular formula is C15H16OSi. The third-order valence-corrected chi connectivity index (χ3v) is 6.78. The largest absolute Gasteiger partial charge is 0.415 e. The first-order valence-corrected chi connectivity index (χ1v) is 8.33. The van der Waals surface area contributed by atoms with Gasteiger partial charge in [-0.3, -0.25) is 0 Å². The first kappa shape index (κ1) is 9.63. The molecule has 1 nitrogen and oxygen atoms in total. The highest BCUT2D eigenvalue weighted by Gasteiger charge is 2.37. The Morgan fingerprint density at radius 2 is 1.71 bits per heavy atom. The topological polar surface area (TPSA) is 9.23 Å². The summed E-state index contributed by atoms with van der Waals surface area (Å²) in [5.74, 6) is 0. The van der Waals surface area contributed by atoms with E-state index in [1.165, 1.54) is 16.3 Å². The minimum Gasteiger partial charge on any atom is -0.415 e. The summed E-state index contributed by atoms with van der Waals surface area (Å²) in [5, 5.41) is 1.24. The molecule has 0 fully saturated rings. The van der Waals surface area contributed by atoms with Gasteiger partial charge in [0, 0.05) is 8.48 Å². The summed E-state index contributed by atoms with van der Waals surface area (Å²) in [5.41, 5.74) is 3.54. The third kappa shape index (κ3) is 1.56. The molecule has 0 saturated heterocycles. The van der Waals surface area contributed by atoms with E-state index in [0.29, 0.717) is 0 Å². The first-order chi connectivity index (χ1) is 8.68. The van der Waals surface area contributed by atoms with E-state index in [1.807, 2.05) is 18.2 Å². The van der Waals surface area contributed by atoms with Crippen LogP contribution in [0.1, 0.15) is 6.93 Å². The Bertz CT molecular complexity index is 599. The zero-order valence-corrected chi connectivity index (χ0v) is 11.1. The third-order valence-electron chi connectivity index (χ3n) is 3.57.